The number of fused-ring (bicyclic) bond motifs is 3. The highest BCUT2D eigenvalue weighted by Gasteiger charge is 2.39. The molecule has 0 spiro atoms. The fourth-order valence-corrected chi connectivity index (χ4v) is 4.80. The van der Waals surface area contributed by atoms with Crippen molar-refractivity contribution in [3.63, 3.8) is 0 Å². The second kappa shape index (κ2) is 12.4. The summed E-state index contributed by atoms with van der Waals surface area (Å²) in [5.74, 6) is -1.28. The molecule has 1 N–H and O–H groups in total. The molecule has 222 valence electrons. The Kier molecular flexibility index (Phi) is 9.64. The van der Waals surface area contributed by atoms with Crippen LogP contribution in [-0.2, 0) is 16.1 Å². The number of hydrogen-bond donors (Lipinski definition) is 1. The number of aromatic nitrogens is 1. The summed E-state index contributed by atoms with van der Waals surface area (Å²) in [5.41, 5.74) is 0.328. The van der Waals surface area contributed by atoms with E-state index < -0.39 is 29.4 Å². The van der Waals surface area contributed by atoms with E-state index in [4.69, 9.17) is 25.8 Å². The van der Waals surface area contributed by atoms with E-state index >= 15 is 0 Å². The van der Waals surface area contributed by atoms with E-state index in [1.54, 1.807) is 47.6 Å². The van der Waals surface area contributed by atoms with Gasteiger partial charge < -0.3 is 19.3 Å². The smallest absolute Gasteiger partial charge is 0.419 e. The number of carbonyl (C=O) groups excluding carboxylic acids is 2. The fraction of sp³-hybridized carbons (Fsp3) is 0.452. The van der Waals surface area contributed by atoms with Gasteiger partial charge in [-0.25, -0.2) is 19.0 Å². The Labute approximate surface area is 245 Å². The Morgan fingerprint density at radius 1 is 0.951 bits per heavy atom. The number of halogens is 1. The first-order valence-corrected chi connectivity index (χ1v) is 14.2. The topological polar surface area (TPSA) is 107 Å². The molecule has 1 aromatic heterocycles. The van der Waals surface area contributed by atoms with Gasteiger partial charge in [0.15, 0.2) is 0 Å². The molecule has 1 unspecified atom stereocenters. The number of carboxylic acid groups (broad SMARTS) is 1. The van der Waals surface area contributed by atoms with E-state index in [1.807, 2.05) is 44.2 Å². The number of hydrogen-bond acceptors (Lipinski definition) is 6. The number of carbonyl (C=O) groups is 3. The maximum Gasteiger partial charge on any atom is 0.419 e. The minimum absolute atomic E-state index is 0.141. The summed E-state index contributed by atoms with van der Waals surface area (Å²) >= 11 is 6.35. The van der Waals surface area contributed by atoms with E-state index in [9.17, 15) is 19.5 Å². The number of anilines is 1. The third-order valence-electron chi connectivity index (χ3n) is 6.00. The van der Waals surface area contributed by atoms with Gasteiger partial charge in [-0.3, -0.25) is 4.90 Å². The number of ether oxygens (including phenoxy) is 3. The van der Waals surface area contributed by atoms with E-state index in [1.165, 1.54) is 11.0 Å². The van der Waals surface area contributed by atoms with Crippen LogP contribution in [0.1, 0.15) is 82.9 Å². The van der Waals surface area contributed by atoms with Crippen molar-refractivity contribution in [2.75, 3.05) is 17.3 Å². The molecule has 1 aliphatic heterocycles. The number of aromatic carboxylic acids is 1. The summed E-state index contributed by atoms with van der Waals surface area (Å²) in [6.45, 7) is 14.8. The van der Waals surface area contributed by atoms with Gasteiger partial charge in [-0.2, -0.15) is 0 Å². The molecular weight excluding hydrogens is 548 g/mol. The number of nitrogens with zero attached hydrogens (tertiary/aromatic N) is 2. The number of rotatable bonds is 5. The molecule has 0 saturated carbocycles. The Hall–Kier alpha value is -3.72. The van der Waals surface area contributed by atoms with Gasteiger partial charge in [0.05, 0.1) is 5.69 Å². The largest absolute Gasteiger partial charge is 0.487 e. The predicted molar refractivity (Wildman–Crippen MR) is 160 cm³/mol. The maximum atomic E-state index is 13.4. The summed E-state index contributed by atoms with van der Waals surface area (Å²) < 4.78 is 18.5. The lowest BCUT2D eigenvalue weighted by molar-refractivity contribution is 0.0511. The second-order valence-electron chi connectivity index (χ2n) is 11.4. The molecule has 1 atom stereocenters. The van der Waals surface area contributed by atoms with Crippen LogP contribution in [0.4, 0.5) is 15.3 Å². The van der Waals surface area contributed by atoms with Crippen LogP contribution in [0, 0.1) is 0 Å². The first kappa shape index (κ1) is 31.8. The normalized spacial score (nSPS) is 14.7. The zero-order valence-corrected chi connectivity index (χ0v) is 25.7. The average Bonchev–Trinajstić information content (AvgIpc) is 3.46. The van der Waals surface area contributed by atoms with E-state index in [0.29, 0.717) is 16.6 Å². The summed E-state index contributed by atoms with van der Waals surface area (Å²) in [4.78, 5) is 40.4. The number of benzene rings is 2. The van der Waals surface area contributed by atoms with Crippen LogP contribution in [0.5, 0.6) is 5.75 Å². The van der Waals surface area contributed by atoms with Crippen molar-refractivity contribution in [2.45, 2.75) is 79.1 Å². The van der Waals surface area contributed by atoms with E-state index in [-0.39, 0.29) is 41.9 Å². The van der Waals surface area contributed by atoms with Crippen molar-refractivity contribution in [1.82, 2.24) is 4.57 Å². The van der Waals surface area contributed by atoms with Crippen LogP contribution >= 0.6 is 11.6 Å². The molecule has 4 rings (SSSR count). The van der Waals surface area contributed by atoms with Crippen LogP contribution in [0.3, 0.4) is 0 Å². The highest BCUT2D eigenvalue weighted by Crippen LogP contribution is 2.47. The maximum absolute atomic E-state index is 13.4. The zero-order chi connectivity index (χ0) is 30.7. The standard InChI is InChI=1S/C29H33ClN2O7.C2H6/c1-28(2,3)38-26(35)31-15-18(14-30)23-19-12-21(25(33)34)32(27(36)39-29(4,5)6)24(19)22(13-20(23)31)37-16-17-10-8-7-9-11-17;1-2/h7-13,18H,14-16H2,1-6H3,(H,33,34);1-2H3. The highest BCUT2D eigenvalue weighted by molar-refractivity contribution is 6.19. The second-order valence-corrected chi connectivity index (χ2v) is 11.7. The molecule has 9 nitrogen and oxygen atoms in total. The van der Waals surface area contributed by atoms with Gasteiger partial charge in [-0.1, -0.05) is 44.2 Å². The molecule has 0 bridgehead atoms. The molecular formula is C31H39ClN2O7. The highest BCUT2D eigenvalue weighted by atomic mass is 35.5. The predicted octanol–water partition coefficient (Wildman–Crippen LogP) is 7.81. The van der Waals surface area contributed by atoms with Crippen molar-refractivity contribution in [3.05, 3.63) is 59.3 Å². The summed E-state index contributed by atoms with van der Waals surface area (Å²) in [6.07, 6.45) is -1.42. The first-order valence-electron chi connectivity index (χ1n) is 13.6. The average molecular weight is 587 g/mol. The SMILES string of the molecule is CC.CC(C)(C)OC(=O)N1CC(CCl)c2c1cc(OCc1ccccc1)c1c2cc(C(=O)O)n1C(=O)OC(C)(C)C. The summed E-state index contributed by atoms with van der Waals surface area (Å²) in [6, 6.07) is 12.5. The molecule has 2 heterocycles. The van der Waals surface area contributed by atoms with E-state index in [0.717, 1.165) is 10.1 Å². The fourth-order valence-electron chi connectivity index (χ4n) is 4.55. The van der Waals surface area contributed by atoms with Gasteiger partial charge in [0.25, 0.3) is 0 Å². The molecule has 3 aromatic rings. The van der Waals surface area contributed by atoms with Crippen molar-refractivity contribution >= 4 is 46.3 Å². The molecule has 1 aliphatic rings. The molecule has 10 heteroatoms. The first-order chi connectivity index (χ1) is 19.2. The van der Waals surface area contributed by atoms with Crippen LogP contribution in [0.25, 0.3) is 10.9 Å². The molecule has 2 aromatic carbocycles. The lowest BCUT2D eigenvalue weighted by atomic mass is 9.98. The number of amides is 1. The molecule has 0 saturated heterocycles. The van der Waals surface area contributed by atoms with Crippen molar-refractivity contribution in [2.24, 2.45) is 0 Å². The Morgan fingerprint density at radius 3 is 2.07 bits per heavy atom. The zero-order valence-electron chi connectivity index (χ0n) is 24.9. The molecule has 41 heavy (non-hydrogen) atoms. The van der Waals surface area contributed by atoms with Crippen LogP contribution < -0.4 is 9.64 Å². The van der Waals surface area contributed by atoms with Crippen molar-refractivity contribution in [1.29, 1.82) is 0 Å². The van der Waals surface area contributed by atoms with Crippen molar-refractivity contribution in [3.8, 4) is 5.75 Å². The Bertz CT molecular complexity index is 1420. The molecule has 0 aliphatic carbocycles. The molecule has 1 amide bonds. The quantitative estimate of drug-likeness (QED) is 0.304. The third kappa shape index (κ3) is 7.14. The van der Waals surface area contributed by atoms with Gasteiger partial charge in [0.1, 0.15) is 34.8 Å². The van der Waals surface area contributed by atoms with Crippen LogP contribution in [-0.4, -0.2) is 51.5 Å². The Balaban J connectivity index is 0.00000226. The molecule has 0 radical (unpaired) electrons. The summed E-state index contributed by atoms with van der Waals surface area (Å²) in [7, 11) is 0. The van der Waals surface area contributed by atoms with E-state index in [2.05, 4.69) is 0 Å². The molecule has 0 fully saturated rings. The lowest BCUT2D eigenvalue weighted by Crippen LogP contribution is -2.36. The third-order valence-corrected chi connectivity index (χ3v) is 6.38. The van der Waals surface area contributed by atoms with Crippen LogP contribution in [0.2, 0.25) is 0 Å². The minimum atomic E-state index is -1.32. The number of carboxylic acids is 1. The Morgan fingerprint density at radius 2 is 1.54 bits per heavy atom. The number of alkyl halides is 1. The van der Waals surface area contributed by atoms with Crippen LogP contribution in [0.15, 0.2) is 42.5 Å². The van der Waals surface area contributed by atoms with Gasteiger partial charge in [0.2, 0.25) is 0 Å². The van der Waals surface area contributed by atoms with Gasteiger partial charge >= 0.3 is 18.2 Å². The van der Waals surface area contributed by atoms with Gasteiger partial charge in [-0.15, -0.1) is 11.6 Å². The van der Waals surface area contributed by atoms with Crippen molar-refractivity contribution < 1.29 is 33.7 Å². The minimum Gasteiger partial charge on any atom is -0.487 e. The van der Waals surface area contributed by atoms with Gasteiger partial charge in [-0.05, 0) is 58.7 Å². The summed E-state index contributed by atoms with van der Waals surface area (Å²) in [5, 5.41) is 10.5. The van der Waals surface area contributed by atoms with Gasteiger partial charge in [0, 0.05) is 29.8 Å². The monoisotopic (exact) mass is 586 g/mol. The lowest BCUT2D eigenvalue weighted by Gasteiger charge is -2.25.